The minimum absolute atomic E-state index is 0.163. The van der Waals surface area contributed by atoms with Gasteiger partial charge in [0.2, 0.25) is 0 Å². The van der Waals surface area contributed by atoms with E-state index in [0.29, 0.717) is 12.1 Å². The van der Waals surface area contributed by atoms with Gasteiger partial charge in [0.1, 0.15) is 23.5 Å². The van der Waals surface area contributed by atoms with Crippen molar-refractivity contribution in [2.24, 2.45) is 0 Å². The smallest absolute Gasteiger partial charge is 0.126 e. The monoisotopic (exact) mass is 289 g/mol. The van der Waals surface area contributed by atoms with Crippen molar-refractivity contribution >= 4 is 0 Å². The molecule has 0 amide bonds. The maximum absolute atomic E-state index is 13.5. The highest BCUT2D eigenvalue weighted by Crippen LogP contribution is 2.34. The average Bonchev–Trinajstić information content (AvgIpc) is 2.87. The summed E-state index contributed by atoms with van der Waals surface area (Å²) in [5, 5.41) is 3.27. The maximum atomic E-state index is 13.5. The van der Waals surface area contributed by atoms with Crippen molar-refractivity contribution in [2.45, 2.75) is 25.5 Å². The van der Waals surface area contributed by atoms with Gasteiger partial charge in [-0.25, -0.2) is 8.78 Å². The molecule has 2 nitrogen and oxygen atoms in total. The van der Waals surface area contributed by atoms with Crippen LogP contribution in [0.4, 0.5) is 8.78 Å². The number of hydrogen-bond acceptors (Lipinski definition) is 2. The van der Waals surface area contributed by atoms with Crippen LogP contribution in [0, 0.1) is 11.6 Å². The van der Waals surface area contributed by atoms with Crippen LogP contribution in [-0.2, 0) is 6.42 Å². The number of benzene rings is 2. The van der Waals surface area contributed by atoms with Gasteiger partial charge in [-0.2, -0.15) is 0 Å². The number of para-hydroxylation sites is 1. The third-order valence-electron chi connectivity index (χ3n) is 3.71. The summed E-state index contributed by atoms with van der Waals surface area (Å²) in [7, 11) is 0. The first kappa shape index (κ1) is 14.0. The van der Waals surface area contributed by atoms with Gasteiger partial charge >= 0.3 is 0 Å². The third-order valence-corrected chi connectivity index (χ3v) is 3.71. The standard InChI is InChI=1S/C17H17F2NO/c1-2-20-17(12-7-13(18)10-14(19)8-12)16-9-11-5-3-4-6-15(11)21-16/h3-8,10,16-17,20H,2,9H2,1H3. The molecular formula is C17H17F2NO. The Balaban J connectivity index is 1.89. The Morgan fingerprint density at radius 1 is 1.19 bits per heavy atom. The van der Waals surface area contributed by atoms with Crippen LogP contribution in [0.2, 0.25) is 0 Å². The summed E-state index contributed by atoms with van der Waals surface area (Å²) in [6.45, 7) is 2.66. The number of ether oxygens (including phenoxy) is 1. The van der Waals surface area contributed by atoms with E-state index in [0.717, 1.165) is 23.8 Å². The molecule has 0 aliphatic carbocycles. The van der Waals surface area contributed by atoms with Crippen molar-refractivity contribution in [3.05, 3.63) is 65.2 Å². The van der Waals surface area contributed by atoms with E-state index in [2.05, 4.69) is 5.32 Å². The molecule has 1 aliphatic rings. The lowest BCUT2D eigenvalue weighted by molar-refractivity contribution is 0.179. The van der Waals surface area contributed by atoms with Crippen LogP contribution in [-0.4, -0.2) is 12.6 Å². The normalized spacial score (nSPS) is 18.1. The largest absolute Gasteiger partial charge is 0.488 e. The molecule has 1 heterocycles. The summed E-state index contributed by atoms with van der Waals surface area (Å²) in [5.41, 5.74) is 1.70. The Hall–Kier alpha value is -1.94. The van der Waals surface area contributed by atoms with Crippen LogP contribution in [0.3, 0.4) is 0 Å². The maximum Gasteiger partial charge on any atom is 0.126 e. The zero-order valence-electron chi connectivity index (χ0n) is 11.8. The fraction of sp³-hybridized carbons (Fsp3) is 0.294. The Morgan fingerprint density at radius 3 is 2.57 bits per heavy atom. The van der Waals surface area contributed by atoms with Gasteiger partial charge in [0.25, 0.3) is 0 Å². The fourth-order valence-electron chi connectivity index (χ4n) is 2.83. The molecule has 0 saturated heterocycles. The van der Waals surface area contributed by atoms with E-state index in [4.69, 9.17) is 4.74 Å². The molecule has 1 N–H and O–H groups in total. The summed E-state index contributed by atoms with van der Waals surface area (Å²) in [4.78, 5) is 0. The summed E-state index contributed by atoms with van der Waals surface area (Å²) in [5.74, 6) is -0.283. The molecule has 2 atom stereocenters. The molecule has 2 unspecified atom stereocenters. The highest BCUT2D eigenvalue weighted by atomic mass is 19.1. The molecule has 0 spiro atoms. The summed E-state index contributed by atoms with van der Waals surface area (Å²) in [6.07, 6.45) is 0.565. The predicted molar refractivity (Wildman–Crippen MR) is 77.3 cm³/mol. The lowest BCUT2D eigenvalue weighted by Crippen LogP contribution is -2.35. The SMILES string of the molecule is CCNC(c1cc(F)cc(F)c1)C1Cc2ccccc2O1. The van der Waals surface area contributed by atoms with Gasteiger partial charge in [0.05, 0.1) is 6.04 Å². The quantitative estimate of drug-likeness (QED) is 0.928. The van der Waals surface area contributed by atoms with Crippen molar-refractivity contribution in [2.75, 3.05) is 6.54 Å². The predicted octanol–water partition coefficient (Wildman–Crippen LogP) is 3.62. The lowest BCUT2D eigenvalue weighted by atomic mass is 9.97. The van der Waals surface area contributed by atoms with Crippen molar-refractivity contribution in [3.8, 4) is 5.75 Å². The van der Waals surface area contributed by atoms with E-state index in [-0.39, 0.29) is 12.1 Å². The van der Waals surface area contributed by atoms with Gasteiger partial charge in [-0.05, 0) is 35.9 Å². The molecule has 0 bridgehead atoms. The van der Waals surface area contributed by atoms with Gasteiger partial charge in [0, 0.05) is 12.5 Å². The number of likely N-dealkylation sites (N-methyl/N-ethyl adjacent to an activating group) is 1. The summed E-state index contributed by atoms with van der Waals surface area (Å²) >= 11 is 0. The molecule has 0 saturated carbocycles. The Labute approximate surface area is 122 Å². The molecular weight excluding hydrogens is 272 g/mol. The van der Waals surface area contributed by atoms with Crippen LogP contribution in [0.25, 0.3) is 0 Å². The highest BCUT2D eigenvalue weighted by Gasteiger charge is 2.31. The average molecular weight is 289 g/mol. The molecule has 1 aliphatic heterocycles. The Morgan fingerprint density at radius 2 is 1.90 bits per heavy atom. The first-order valence-electron chi connectivity index (χ1n) is 7.11. The van der Waals surface area contributed by atoms with Crippen LogP contribution in [0.1, 0.15) is 24.1 Å². The Bertz CT molecular complexity index is 599. The zero-order valence-corrected chi connectivity index (χ0v) is 11.8. The molecule has 4 heteroatoms. The third kappa shape index (κ3) is 2.90. The van der Waals surface area contributed by atoms with Crippen molar-refractivity contribution in [3.63, 3.8) is 0 Å². The second kappa shape index (κ2) is 5.82. The van der Waals surface area contributed by atoms with E-state index in [9.17, 15) is 8.78 Å². The first-order chi connectivity index (χ1) is 10.2. The van der Waals surface area contributed by atoms with E-state index < -0.39 is 11.6 Å². The van der Waals surface area contributed by atoms with Crippen molar-refractivity contribution < 1.29 is 13.5 Å². The highest BCUT2D eigenvalue weighted by molar-refractivity contribution is 5.38. The summed E-state index contributed by atoms with van der Waals surface area (Å²) < 4.78 is 32.9. The number of fused-ring (bicyclic) bond motifs is 1. The van der Waals surface area contributed by atoms with Crippen LogP contribution < -0.4 is 10.1 Å². The van der Waals surface area contributed by atoms with Gasteiger partial charge in [-0.3, -0.25) is 0 Å². The molecule has 110 valence electrons. The number of halogens is 2. The minimum atomic E-state index is -0.566. The second-order valence-corrected chi connectivity index (χ2v) is 5.21. The zero-order chi connectivity index (χ0) is 14.8. The molecule has 0 radical (unpaired) electrons. The van der Waals surface area contributed by atoms with Crippen LogP contribution in [0.15, 0.2) is 42.5 Å². The van der Waals surface area contributed by atoms with Gasteiger partial charge < -0.3 is 10.1 Å². The molecule has 0 aromatic heterocycles. The van der Waals surface area contributed by atoms with Crippen molar-refractivity contribution in [1.29, 1.82) is 0 Å². The number of nitrogens with one attached hydrogen (secondary N) is 1. The van der Waals surface area contributed by atoms with E-state index in [1.165, 1.54) is 12.1 Å². The molecule has 0 fully saturated rings. The van der Waals surface area contributed by atoms with Gasteiger partial charge in [-0.15, -0.1) is 0 Å². The fourth-order valence-corrected chi connectivity index (χ4v) is 2.83. The minimum Gasteiger partial charge on any atom is -0.488 e. The van der Waals surface area contributed by atoms with Gasteiger partial charge in [-0.1, -0.05) is 25.1 Å². The van der Waals surface area contributed by atoms with Crippen LogP contribution in [0.5, 0.6) is 5.75 Å². The summed E-state index contributed by atoms with van der Waals surface area (Å²) in [6, 6.07) is 11.2. The molecule has 2 aromatic carbocycles. The first-order valence-corrected chi connectivity index (χ1v) is 7.11. The lowest BCUT2D eigenvalue weighted by Gasteiger charge is -2.24. The number of rotatable bonds is 4. The number of hydrogen-bond donors (Lipinski definition) is 1. The Kier molecular flexibility index (Phi) is 3.88. The molecule has 21 heavy (non-hydrogen) atoms. The van der Waals surface area contributed by atoms with E-state index in [1.54, 1.807) is 0 Å². The molecule has 2 aromatic rings. The van der Waals surface area contributed by atoms with Gasteiger partial charge in [0.15, 0.2) is 0 Å². The van der Waals surface area contributed by atoms with Crippen LogP contribution >= 0.6 is 0 Å². The van der Waals surface area contributed by atoms with E-state index in [1.807, 2.05) is 31.2 Å². The van der Waals surface area contributed by atoms with E-state index >= 15 is 0 Å². The molecule has 3 rings (SSSR count). The second-order valence-electron chi connectivity index (χ2n) is 5.21. The van der Waals surface area contributed by atoms with Crippen molar-refractivity contribution in [1.82, 2.24) is 5.32 Å². The topological polar surface area (TPSA) is 21.3 Å².